The molecule has 0 radical (unpaired) electrons. The number of hydrogen-bond donors (Lipinski definition) is 0. The number of methoxy groups -OCH3 is 2. The monoisotopic (exact) mass is 447 g/mol. The van der Waals surface area contributed by atoms with Crippen molar-refractivity contribution in [2.24, 2.45) is 10.9 Å². The van der Waals surface area contributed by atoms with E-state index < -0.39 is 0 Å². The molecule has 7 nitrogen and oxygen atoms in total. The van der Waals surface area contributed by atoms with Gasteiger partial charge in [0, 0.05) is 5.88 Å². The van der Waals surface area contributed by atoms with Crippen LogP contribution >= 0.6 is 0 Å². The van der Waals surface area contributed by atoms with E-state index in [-0.39, 0.29) is 27.8 Å². The van der Waals surface area contributed by atoms with Gasteiger partial charge in [-0.3, -0.25) is 0 Å². The molecule has 0 aromatic heterocycles. The average molecular weight is 447 g/mol. The van der Waals surface area contributed by atoms with E-state index in [1.165, 1.54) is 0 Å². The maximum atomic E-state index is 5.11. The van der Waals surface area contributed by atoms with Crippen molar-refractivity contribution in [3.8, 4) is 0 Å². The zero-order valence-electron chi connectivity index (χ0n) is 20.5. The number of aliphatic imine (C=N–C) groups is 1. The van der Waals surface area contributed by atoms with E-state index in [1.807, 2.05) is 41.5 Å². The molecule has 0 unspecified atom stereocenters. The quantitative estimate of drug-likeness (QED) is 0.422. The van der Waals surface area contributed by atoms with Crippen molar-refractivity contribution in [3.05, 3.63) is 33.4 Å². The van der Waals surface area contributed by atoms with Crippen LogP contribution in [0.1, 0.15) is 55.4 Å². The molecule has 1 heterocycles. The predicted octanol–water partition coefficient (Wildman–Crippen LogP) is 6.09. The summed E-state index contributed by atoms with van der Waals surface area (Å²) < 4.78 is 10.1. The molecular formula is C21H45N5O2Ti. The molecule has 0 aromatic rings. The molecule has 1 aliphatic rings. The van der Waals surface area contributed by atoms with E-state index in [2.05, 4.69) is 40.1 Å². The molecular weight excluding hydrogens is 402 g/mol. The second kappa shape index (κ2) is 29.6. The van der Waals surface area contributed by atoms with Crippen LogP contribution in [0.4, 0.5) is 0 Å². The normalized spacial score (nSPS) is 14.1. The van der Waals surface area contributed by atoms with Crippen LogP contribution in [0, 0.1) is 5.92 Å². The van der Waals surface area contributed by atoms with Gasteiger partial charge in [0.25, 0.3) is 0 Å². The molecule has 0 bridgehead atoms. The number of rotatable bonds is 8. The van der Waals surface area contributed by atoms with Gasteiger partial charge in [0.15, 0.2) is 5.90 Å². The molecule has 8 heteroatoms. The summed E-state index contributed by atoms with van der Waals surface area (Å²) in [6.07, 6.45) is 1.57. The molecule has 0 N–H and O–H groups in total. The summed E-state index contributed by atoms with van der Waals surface area (Å²) in [6.45, 7) is 22.2. The molecule has 1 atom stereocenters. The van der Waals surface area contributed by atoms with Gasteiger partial charge < -0.3 is 30.7 Å². The van der Waals surface area contributed by atoms with Crippen LogP contribution in [-0.2, 0) is 31.2 Å². The van der Waals surface area contributed by atoms with Gasteiger partial charge in [0.05, 0.1) is 20.4 Å². The SMILES string of the molecule is CC[N-]CC.CC[N-]CC.CC[N-]CC.COC1=CN=C(OC)[C@H](C(C)C)[N-]1.[Ti+4]. The topological polar surface area (TPSA) is 87.2 Å². The van der Waals surface area contributed by atoms with E-state index in [4.69, 9.17) is 9.47 Å². The minimum atomic E-state index is -0.0232. The first-order chi connectivity index (χ1) is 13.4. The Morgan fingerprint density at radius 1 is 0.828 bits per heavy atom. The van der Waals surface area contributed by atoms with Gasteiger partial charge in [-0.15, -0.1) is 0 Å². The summed E-state index contributed by atoms with van der Waals surface area (Å²) in [5.41, 5.74) is 0. The average Bonchev–Trinajstić information content (AvgIpc) is 2.70. The molecule has 0 fully saturated rings. The Kier molecular flexibility index (Phi) is 36.6. The summed E-state index contributed by atoms with van der Waals surface area (Å²) >= 11 is 0. The van der Waals surface area contributed by atoms with E-state index in [0.29, 0.717) is 17.7 Å². The van der Waals surface area contributed by atoms with E-state index >= 15 is 0 Å². The molecule has 0 saturated carbocycles. The summed E-state index contributed by atoms with van der Waals surface area (Å²) in [7, 11) is 3.19. The van der Waals surface area contributed by atoms with Crippen molar-refractivity contribution in [3.63, 3.8) is 0 Å². The third kappa shape index (κ3) is 25.4. The zero-order chi connectivity index (χ0) is 22.2. The van der Waals surface area contributed by atoms with E-state index in [0.717, 1.165) is 39.3 Å². The molecule has 0 spiro atoms. The van der Waals surface area contributed by atoms with Gasteiger partial charge in [-0.1, -0.05) is 61.3 Å². The van der Waals surface area contributed by atoms with Gasteiger partial charge in [-0.05, 0) is 6.04 Å². The first-order valence-electron chi connectivity index (χ1n) is 10.4. The second-order valence-electron chi connectivity index (χ2n) is 5.73. The van der Waals surface area contributed by atoms with Crippen molar-refractivity contribution in [1.82, 2.24) is 0 Å². The van der Waals surface area contributed by atoms with Crippen LogP contribution in [0.3, 0.4) is 0 Å². The van der Waals surface area contributed by atoms with Crippen molar-refractivity contribution < 1.29 is 31.2 Å². The zero-order valence-corrected chi connectivity index (χ0v) is 22.1. The number of nitrogens with zero attached hydrogens (tertiary/aromatic N) is 5. The van der Waals surface area contributed by atoms with Gasteiger partial charge in [0.1, 0.15) is 0 Å². The first-order valence-corrected chi connectivity index (χ1v) is 10.4. The van der Waals surface area contributed by atoms with Crippen LogP contribution in [0.2, 0.25) is 0 Å². The summed E-state index contributed by atoms with van der Waals surface area (Å²) in [6, 6.07) is -0.0232. The van der Waals surface area contributed by atoms with Crippen LogP contribution in [0.15, 0.2) is 17.1 Å². The fourth-order valence-electron chi connectivity index (χ4n) is 1.80. The Hall–Kier alpha value is -0.596. The van der Waals surface area contributed by atoms with Crippen LogP contribution in [0.25, 0.3) is 21.3 Å². The van der Waals surface area contributed by atoms with Gasteiger partial charge in [-0.2, -0.15) is 39.3 Å². The maximum absolute atomic E-state index is 5.11. The molecule has 0 aliphatic carbocycles. The Morgan fingerprint density at radius 2 is 1.21 bits per heavy atom. The fourth-order valence-corrected chi connectivity index (χ4v) is 1.80. The smallest absolute Gasteiger partial charge is 0.663 e. The predicted molar refractivity (Wildman–Crippen MR) is 125 cm³/mol. The minimum absolute atomic E-state index is 0. The van der Waals surface area contributed by atoms with Gasteiger partial charge in [0.2, 0.25) is 0 Å². The van der Waals surface area contributed by atoms with Crippen molar-refractivity contribution in [2.45, 2.75) is 61.4 Å². The summed E-state index contributed by atoms with van der Waals surface area (Å²) in [4.78, 5) is 4.12. The van der Waals surface area contributed by atoms with Gasteiger partial charge >= 0.3 is 21.7 Å². The molecule has 0 saturated heterocycles. The van der Waals surface area contributed by atoms with Crippen LogP contribution in [0.5, 0.6) is 0 Å². The maximum Gasteiger partial charge on any atom is 4.00 e. The third-order valence-corrected chi connectivity index (χ3v) is 3.21. The Morgan fingerprint density at radius 3 is 1.41 bits per heavy atom. The summed E-state index contributed by atoms with van der Waals surface area (Å²) in [5, 5.41) is 16.3. The second-order valence-corrected chi connectivity index (χ2v) is 5.73. The minimum Gasteiger partial charge on any atom is -0.663 e. The first kappa shape index (κ1) is 35.8. The molecule has 1 aliphatic heterocycles. The van der Waals surface area contributed by atoms with E-state index in [1.54, 1.807) is 20.4 Å². The van der Waals surface area contributed by atoms with Crippen LogP contribution in [-0.4, -0.2) is 65.4 Å². The van der Waals surface area contributed by atoms with Crippen molar-refractivity contribution in [2.75, 3.05) is 53.5 Å². The van der Waals surface area contributed by atoms with Crippen LogP contribution < -0.4 is 0 Å². The Bertz CT molecular complexity index is 347. The molecule has 170 valence electrons. The van der Waals surface area contributed by atoms with Gasteiger partial charge in [-0.25, -0.2) is 4.99 Å². The van der Waals surface area contributed by atoms with Crippen molar-refractivity contribution >= 4 is 5.90 Å². The largest absolute Gasteiger partial charge is 4.00 e. The summed E-state index contributed by atoms with van der Waals surface area (Å²) in [5.74, 6) is 1.56. The molecule has 1 rings (SSSR count). The van der Waals surface area contributed by atoms with E-state index in [9.17, 15) is 0 Å². The fraction of sp³-hybridized carbons (Fsp3) is 0.857. The Balaban J connectivity index is -0.000000164. The molecule has 0 amide bonds. The van der Waals surface area contributed by atoms with Crippen molar-refractivity contribution in [1.29, 1.82) is 0 Å². The number of ether oxygens (including phenoxy) is 2. The molecule has 0 aromatic carbocycles. The Labute approximate surface area is 196 Å². The third-order valence-electron chi connectivity index (χ3n) is 3.21. The number of hydrogen-bond acceptors (Lipinski definition) is 3. The standard InChI is InChI=1S/C9H15N2O2.3C4H10N.Ti/c1-6(2)8-9(13-4)10-5-7(11-8)12-3;3*1-3-5-4-2;/h5-6,8H,1-4H3;3*3-4H2,1-2H3;/q4*-1;+4/t8-;;;;/m0..../s1. The molecule has 29 heavy (non-hydrogen) atoms.